The predicted octanol–water partition coefficient (Wildman–Crippen LogP) is 10.4. The molecule has 1 aliphatic rings. The highest BCUT2D eigenvalue weighted by Gasteiger charge is 2.35. The van der Waals surface area contributed by atoms with Gasteiger partial charge in [-0.3, -0.25) is 0 Å². The SMILES string of the molecule is CC1(C)c2ccccc2-c2cc(N(c3ccccc3)c3cccc4c3ccc3nc(-c5ccccc5)oc34)ccc21. The lowest BCUT2D eigenvalue weighted by molar-refractivity contribution is 0.623. The van der Waals surface area contributed by atoms with Crippen molar-refractivity contribution in [3.63, 3.8) is 0 Å². The molecule has 0 N–H and O–H groups in total. The average Bonchev–Trinajstić information content (AvgIpc) is 3.56. The fourth-order valence-corrected chi connectivity index (χ4v) is 6.48. The summed E-state index contributed by atoms with van der Waals surface area (Å²) in [5.41, 5.74) is 11.3. The van der Waals surface area contributed by atoms with Crippen LogP contribution in [0, 0.1) is 0 Å². The molecule has 0 spiro atoms. The maximum Gasteiger partial charge on any atom is 0.227 e. The molecule has 0 atom stereocenters. The summed E-state index contributed by atoms with van der Waals surface area (Å²) in [4.78, 5) is 7.18. The van der Waals surface area contributed by atoms with Crippen molar-refractivity contribution in [2.45, 2.75) is 19.3 Å². The summed E-state index contributed by atoms with van der Waals surface area (Å²) < 4.78 is 6.41. The van der Waals surface area contributed by atoms with Gasteiger partial charge in [-0.05, 0) is 76.9 Å². The Morgan fingerprint density at radius 1 is 0.585 bits per heavy atom. The zero-order chi connectivity index (χ0) is 27.6. The molecule has 0 saturated carbocycles. The van der Waals surface area contributed by atoms with Crippen LogP contribution in [0.5, 0.6) is 0 Å². The second-order valence-electron chi connectivity index (χ2n) is 11.2. The molecule has 8 rings (SSSR count). The first-order chi connectivity index (χ1) is 20.1. The van der Waals surface area contributed by atoms with Crippen molar-refractivity contribution in [3.05, 3.63) is 145 Å². The third kappa shape index (κ3) is 3.63. The van der Waals surface area contributed by atoms with Gasteiger partial charge in [0, 0.05) is 33.1 Å². The number of para-hydroxylation sites is 1. The Morgan fingerprint density at radius 2 is 1.32 bits per heavy atom. The first kappa shape index (κ1) is 23.7. The van der Waals surface area contributed by atoms with Crippen LogP contribution in [0.1, 0.15) is 25.0 Å². The summed E-state index contributed by atoms with van der Waals surface area (Å²) >= 11 is 0. The number of hydrogen-bond donors (Lipinski definition) is 0. The van der Waals surface area contributed by atoms with E-state index in [-0.39, 0.29) is 5.41 Å². The van der Waals surface area contributed by atoms with Crippen molar-refractivity contribution in [2.75, 3.05) is 4.90 Å². The van der Waals surface area contributed by atoms with Crippen molar-refractivity contribution >= 4 is 38.9 Å². The lowest BCUT2D eigenvalue weighted by Crippen LogP contribution is -2.15. The van der Waals surface area contributed by atoms with E-state index in [1.807, 2.05) is 30.3 Å². The molecule has 1 heterocycles. The third-order valence-corrected chi connectivity index (χ3v) is 8.49. The Hall–Kier alpha value is -5.15. The van der Waals surface area contributed by atoms with Gasteiger partial charge in [-0.25, -0.2) is 4.98 Å². The summed E-state index contributed by atoms with van der Waals surface area (Å²) in [6.07, 6.45) is 0. The lowest BCUT2D eigenvalue weighted by Gasteiger charge is -2.28. The molecule has 0 radical (unpaired) electrons. The molecule has 7 aromatic rings. The maximum absolute atomic E-state index is 6.41. The number of benzene rings is 6. The molecule has 1 aliphatic carbocycles. The number of fused-ring (bicyclic) bond motifs is 6. The van der Waals surface area contributed by atoms with E-state index in [1.54, 1.807) is 0 Å². The van der Waals surface area contributed by atoms with Gasteiger partial charge in [0.15, 0.2) is 5.58 Å². The van der Waals surface area contributed by atoms with Gasteiger partial charge in [0.25, 0.3) is 0 Å². The van der Waals surface area contributed by atoms with Gasteiger partial charge < -0.3 is 9.32 Å². The minimum atomic E-state index is -0.0319. The van der Waals surface area contributed by atoms with Crippen LogP contribution in [0.3, 0.4) is 0 Å². The van der Waals surface area contributed by atoms with E-state index >= 15 is 0 Å². The number of rotatable bonds is 4. The summed E-state index contributed by atoms with van der Waals surface area (Å²) in [5, 5.41) is 2.16. The second kappa shape index (κ2) is 8.94. The molecule has 0 bridgehead atoms. The molecule has 1 aromatic heterocycles. The Balaban J connectivity index is 1.34. The molecule has 3 nitrogen and oxygen atoms in total. The summed E-state index contributed by atoms with van der Waals surface area (Å²) in [6.45, 7) is 4.65. The molecule has 0 fully saturated rings. The third-order valence-electron chi connectivity index (χ3n) is 8.49. The van der Waals surface area contributed by atoms with Crippen molar-refractivity contribution < 1.29 is 4.42 Å². The summed E-state index contributed by atoms with van der Waals surface area (Å²) in [6, 6.07) is 47.1. The zero-order valence-electron chi connectivity index (χ0n) is 23.0. The number of oxazole rings is 1. The molecule has 3 heteroatoms. The fourth-order valence-electron chi connectivity index (χ4n) is 6.48. The van der Waals surface area contributed by atoms with E-state index in [0.29, 0.717) is 5.89 Å². The van der Waals surface area contributed by atoms with Gasteiger partial charge in [-0.15, -0.1) is 0 Å². The van der Waals surface area contributed by atoms with Crippen molar-refractivity contribution in [3.8, 4) is 22.6 Å². The van der Waals surface area contributed by atoms with Crippen LogP contribution in [0.15, 0.2) is 138 Å². The largest absolute Gasteiger partial charge is 0.435 e. The molecule has 0 amide bonds. The topological polar surface area (TPSA) is 29.3 Å². The van der Waals surface area contributed by atoms with Crippen LogP contribution in [-0.2, 0) is 5.41 Å². The van der Waals surface area contributed by atoms with Gasteiger partial charge in [-0.2, -0.15) is 0 Å². The highest BCUT2D eigenvalue weighted by atomic mass is 16.3. The van der Waals surface area contributed by atoms with Gasteiger partial charge >= 0.3 is 0 Å². The smallest absolute Gasteiger partial charge is 0.227 e. The Bertz CT molecular complexity index is 2070. The van der Waals surface area contributed by atoms with Crippen LogP contribution in [0.4, 0.5) is 17.1 Å². The van der Waals surface area contributed by atoms with Gasteiger partial charge in [0.2, 0.25) is 5.89 Å². The van der Waals surface area contributed by atoms with Gasteiger partial charge in [0.05, 0.1) is 5.69 Å². The molecule has 0 aliphatic heterocycles. The highest BCUT2D eigenvalue weighted by molar-refractivity contribution is 6.10. The van der Waals surface area contributed by atoms with E-state index in [0.717, 1.165) is 44.5 Å². The molecule has 41 heavy (non-hydrogen) atoms. The van der Waals surface area contributed by atoms with Crippen LogP contribution in [-0.4, -0.2) is 4.98 Å². The van der Waals surface area contributed by atoms with Crippen LogP contribution in [0.2, 0.25) is 0 Å². The number of aromatic nitrogens is 1. The van der Waals surface area contributed by atoms with Gasteiger partial charge in [-0.1, -0.05) is 92.7 Å². The van der Waals surface area contributed by atoms with Crippen molar-refractivity contribution in [1.82, 2.24) is 4.98 Å². The molecule has 6 aromatic carbocycles. The summed E-state index contributed by atoms with van der Waals surface area (Å²) in [7, 11) is 0. The highest BCUT2D eigenvalue weighted by Crippen LogP contribution is 2.51. The lowest BCUT2D eigenvalue weighted by atomic mass is 9.82. The van der Waals surface area contributed by atoms with Crippen LogP contribution >= 0.6 is 0 Å². The number of anilines is 3. The Labute approximate surface area is 239 Å². The van der Waals surface area contributed by atoms with E-state index < -0.39 is 0 Å². The quantitative estimate of drug-likeness (QED) is 0.228. The molecular weight excluding hydrogens is 500 g/mol. The minimum Gasteiger partial charge on any atom is -0.435 e. The minimum absolute atomic E-state index is 0.0319. The number of hydrogen-bond acceptors (Lipinski definition) is 3. The van der Waals surface area contributed by atoms with Crippen molar-refractivity contribution in [2.24, 2.45) is 0 Å². The van der Waals surface area contributed by atoms with Crippen LogP contribution in [0.25, 0.3) is 44.5 Å². The Kier molecular flexibility index (Phi) is 5.17. The zero-order valence-corrected chi connectivity index (χ0v) is 23.0. The molecule has 196 valence electrons. The molecule has 0 unspecified atom stereocenters. The van der Waals surface area contributed by atoms with E-state index in [2.05, 4.69) is 122 Å². The first-order valence-corrected chi connectivity index (χ1v) is 14.1. The normalized spacial score (nSPS) is 13.3. The molecular formula is C38H28N2O. The first-order valence-electron chi connectivity index (χ1n) is 14.1. The van der Waals surface area contributed by atoms with Crippen LogP contribution < -0.4 is 4.90 Å². The fraction of sp³-hybridized carbons (Fsp3) is 0.0789. The van der Waals surface area contributed by atoms with Crippen molar-refractivity contribution in [1.29, 1.82) is 0 Å². The molecule has 0 saturated heterocycles. The van der Waals surface area contributed by atoms with E-state index in [4.69, 9.17) is 9.40 Å². The summed E-state index contributed by atoms with van der Waals surface area (Å²) in [5.74, 6) is 0.637. The second-order valence-corrected chi connectivity index (χ2v) is 11.2. The van der Waals surface area contributed by atoms with E-state index in [9.17, 15) is 0 Å². The number of nitrogens with zero attached hydrogens (tertiary/aromatic N) is 2. The Morgan fingerprint density at radius 3 is 2.15 bits per heavy atom. The van der Waals surface area contributed by atoms with E-state index in [1.165, 1.54) is 22.3 Å². The van der Waals surface area contributed by atoms with Gasteiger partial charge in [0.1, 0.15) is 5.52 Å². The monoisotopic (exact) mass is 528 g/mol. The standard InChI is InChI=1S/C38H28N2O/c1-38(2)32-18-10-9-16-28(32)31-24-27(20-22-33(31)38)40(26-14-7-4-8-15-26)35-19-11-17-30-29(35)21-23-34-36(30)41-37(39-34)25-12-5-3-6-13-25/h3-24H,1-2H3. The average molecular weight is 529 g/mol. The maximum atomic E-state index is 6.41. The predicted molar refractivity (Wildman–Crippen MR) is 169 cm³/mol.